The number of rotatable bonds is 10. The fraction of sp³-hybridized carbons (Fsp3) is 0.588. The van der Waals surface area contributed by atoms with Gasteiger partial charge in [-0.25, -0.2) is 4.39 Å². The predicted molar refractivity (Wildman–Crippen MR) is 91.6 cm³/mol. The summed E-state index contributed by atoms with van der Waals surface area (Å²) in [6.45, 7) is 6.76. The molecular weight excluding hydrogens is 297 g/mol. The number of hydrogen-bond acceptors (Lipinski definition) is 3. The van der Waals surface area contributed by atoms with Crippen molar-refractivity contribution in [3.63, 3.8) is 0 Å². The van der Waals surface area contributed by atoms with Crippen LogP contribution in [0.25, 0.3) is 0 Å². The largest absolute Gasteiger partial charge is 0.489 e. The smallest absolute Gasteiger partial charge is 0.191 e. The van der Waals surface area contributed by atoms with Gasteiger partial charge in [-0.15, -0.1) is 0 Å². The van der Waals surface area contributed by atoms with Crippen LogP contribution in [-0.4, -0.2) is 45.4 Å². The third-order valence-electron chi connectivity index (χ3n) is 3.09. The molecule has 0 aliphatic heterocycles. The minimum absolute atomic E-state index is 0.115. The molecule has 0 saturated carbocycles. The summed E-state index contributed by atoms with van der Waals surface area (Å²) < 4.78 is 24.2. The summed E-state index contributed by atoms with van der Waals surface area (Å²) in [6, 6.07) is 6.13. The lowest BCUT2D eigenvalue weighted by Crippen LogP contribution is -2.42. The molecule has 0 heterocycles. The SMILES string of the molecule is CCCCOCCNC(=NC)NCC(C)Oc1cccc(F)c1. The summed E-state index contributed by atoms with van der Waals surface area (Å²) >= 11 is 0. The lowest BCUT2D eigenvalue weighted by Gasteiger charge is -2.17. The molecule has 0 bridgehead atoms. The maximum atomic E-state index is 13.1. The lowest BCUT2D eigenvalue weighted by atomic mass is 10.3. The monoisotopic (exact) mass is 325 g/mol. The predicted octanol–water partition coefficient (Wildman–Crippen LogP) is 2.57. The van der Waals surface area contributed by atoms with Crippen LogP contribution in [0.5, 0.6) is 5.75 Å². The molecule has 0 aliphatic rings. The maximum absolute atomic E-state index is 13.1. The van der Waals surface area contributed by atoms with Crippen LogP contribution in [0.2, 0.25) is 0 Å². The molecule has 1 aromatic rings. The van der Waals surface area contributed by atoms with Gasteiger partial charge in [0.25, 0.3) is 0 Å². The van der Waals surface area contributed by atoms with Crippen LogP contribution in [0.4, 0.5) is 4.39 Å². The second-order valence-electron chi connectivity index (χ2n) is 5.23. The Morgan fingerprint density at radius 1 is 1.30 bits per heavy atom. The number of ether oxygens (including phenoxy) is 2. The van der Waals surface area contributed by atoms with E-state index in [4.69, 9.17) is 9.47 Å². The molecule has 130 valence electrons. The van der Waals surface area contributed by atoms with Crippen molar-refractivity contribution >= 4 is 5.96 Å². The summed E-state index contributed by atoms with van der Waals surface area (Å²) in [5.41, 5.74) is 0. The molecule has 0 aromatic heterocycles. The van der Waals surface area contributed by atoms with Gasteiger partial charge in [-0.2, -0.15) is 0 Å². The Hall–Kier alpha value is -1.82. The van der Waals surface area contributed by atoms with Crippen molar-refractivity contribution < 1.29 is 13.9 Å². The third-order valence-corrected chi connectivity index (χ3v) is 3.09. The molecular formula is C17H28FN3O2. The lowest BCUT2D eigenvalue weighted by molar-refractivity contribution is 0.136. The van der Waals surface area contributed by atoms with Crippen LogP contribution in [0.1, 0.15) is 26.7 Å². The summed E-state index contributed by atoms with van der Waals surface area (Å²) in [4.78, 5) is 4.14. The topological polar surface area (TPSA) is 54.9 Å². The molecule has 0 fully saturated rings. The zero-order valence-corrected chi connectivity index (χ0v) is 14.3. The Kier molecular flexibility index (Phi) is 9.79. The molecule has 1 atom stereocenters. The molecule has 0 saturated heterocycles. The average Bonchev–Trinajstić information content (AvgIpc) is 2.53. The number of unbranched alkanes of at least 4 members (excludes halogenated alkanes) is 1. The molecule has 2 N–H and O–H groups in total. The highest BCUT2D eigenvalue weighted by atomic mass is 19.1. The molecule has 0 radical (unpaired) electrons. The van der Waals surface area contributed by atoms with Crippen LogP contribution in [0.3, 0.4) is 0 Å². The molecule has 1 rings (SSSR count). The molecule has 1 aromatic carbocycles. The molecule has 0 spiro atoms. The highest BCUT2D eigenvalue weighted by Crippen LogP contribution is 2.13. The summed E-state index contributed by atoms with van der Waals surface area (Å²) in [7, 11) is 1.71. The van der Waals surface area contributed by atoms with Crippen LogP contribution in [-0.2, 0) is 4.74 Å². The van der Waals surface area contributed by atoms with E-state index in [0.29, 0.717) is 31.4 Å². The molecule has 23 heavy (non-hydrogen) atoms. The highest BCUT2D eigenvalue weighted by molar-refractivity contribution is 5.79. The second kappa shape index (κ2) is 11.7. The van der Waals surface area contributed by atoms with Gasteiger partial charge < -0.3 is 20.1 Å². The number of benzene rings is 1. The fourth-order valence-corrected chi connectivity index (χ4v) is 1.87. The van der Waals surface area contributed by atoms with E-state index in [-0.39, 0.29) is 11.9 Å². The third kappa shape index (κ3) is 9.03. The zero-order chi connectivity index (χ0) is 16.9. The quantitative estimate of drug-likeness (QED) is 0.394. The molecule has 1 unspecified atom stereocenters. The van der Waals surface area contributed by atoms with Crippen molar-refractivity contribution in [2.75, 3.05) is 33.4 Å². The van der Waals surface area contributed by atoms with Gasteiger partial charge in [0.05, 0.1) is 13.2 Å². The first-order valence-electron chi connectivity index (χ1n) is 8.10. The van der Waals surface area contributed by atoms with E-state index in [9.17, 15) is 4.39 Å². The number of nitrogens with one attached hydrogen (secondary N) is 2. The number of aliphatic imine (C=N–C) groups is 1. The van der Waals surface area contributed by atoms with Gasteiger partial charge in [-0.05, 0) is 25.5 Å². The second-order valence-corrected chi connectivity index (χ2v) is 5.23. The summed E-state index contributed by atoms with van der Waals surface area (Å²) in [5.74, 6) is 0.911. The Bertz CT molecular complexity index is 469. The normalized spacial score (nSPS) is 12.8. The van der Waals surface area contributed by atoms with E-state index < -0.39 is 0 Å². The maximum Gasteiger partial charge on any atom is 0.191 e. The van der Waals surface area contributed by atoms with Gasteiger partial charge in [-0.3, -0.25) is 4.99 Å². The number of halogens is 1. The van der Waals surface area contributed by atoms with E-state index in [1.165, 1.54) is 12.1 Å². The Morgan fingerprint density at radius 3 is 2.83 bits per heavy atom. The fourth-order valence-electron chi connectivity index (χ4n) is 1.87. The van der Waals surface area contributed by atoms with E-state index >= 15 is 0 Å². The van der Waals surface area contributed by atoms with Gasteiger partial charge in [0.15, 0.2) is 5.96 Å². The van der Waals surface area contributed by atoms with E-state index in [1.54, 1.807) is 19.2 Å². The van der Waals surface area contributed by atoms with E-state index in [1.807, 2.05) is 6.92 Å². The first-order valence-corrected chi connectivity index (χ1v) is 8.10. The number of guanidine groups is 1. The average molecular weight is 325 g/mol. The molecule has 6 heteroatoms. The van der Waals surface area contributed by atoms with Gasteiger partial charge in [-0.1, -0.05) is 19.4 Å². The molecule has 0 amide bonds. The summed E-state index contributed by atoms with van der Waals surface area (Å²) in [5, 5.41) is 6.34. The van der Waals surface area contributed by atoms with Gasteiger partial charge >= 0.3 is 0 Å². The first kappa shape index (κ1) is 19.2. The Balaban J connectivity index is 2.20. The first-order chi connectivity index (χ1) is 11.2. The van der Waals surface area contributed by atoms with E-state index in [0.717, 1.165) is 19.4 Å². The van der Waals surface area contributed by atoms with Crippen LogP contribution >= 0.6 is 0 Å². The van der Waals surface area contributed by atoms with Crippen LogP contribution in [0, 0.1) is 5.82 Å². The number of hydrogen-bond donors (Lipinski definition) is 2. The van der Waals surface area contributed by atoms with Crippen LogP contribution < -0.4 is 15.4 Å². The van der Waals surface area contributed by atoms with Crippen molar-refractivity contribution in [2.45, 2.75) is 32.8 Å². The van der Waals surface area contributed by atoms with Crippen molar-refractivity contribution in [2.24, 2.45) is 4.99 Å². The highest BCUT2D eigenvalue weighted by Gasteiger charge is 2.06. The standard InChI is InChI=1S/C17H28FN3O2/c1-4-5-10-22-11-9-20-17(19-3)21-13-14(2)23-16-8-6-7-15(18)12-16/h6-8,12,14H,4-5,9-11,13H2,1-3H3,(H2,19,20,21). The minimum atomic E-state index is -0.303. The van der Waals surface area contributed by atoms with E-state index in [2.05, 4.69) is 22.5 Å². The number of nitrogens with zero attached hydrogens (tertiary/aromatic N) is 1. The zero-order valence-electron chi connectivity index (χ0n) is 14.3. The molecule has 5 nitrogen and oxygen atoms in total. The van der Waals surface area contributed by atoms with Gasteiger partial charge in [0, 0.05) is 26.3 Å². The van der Waals surface area contributed by atoms with Crippen LogP contribution in [0.15, 0.2) is 29.3 Å². The van der Waals surface area contributed by atoms with Gasteiger partial charge in [0.1, 0.15) is 17.7 Å². The van der Waals surface area contributed by atoms with Crippen molar-refractivity contribution in [3.05, 3.63) is 30.1 Å². The minimum Gasteiger partial charge on any atom is -0.489 e. The molecule has 0 aliphatic carbocycles. The Morgan fingerprint density at radius 2 is 2.13 bits per heavy atom. The van der Waals surface area contributed by atoms with Crippen molar-refractivity contribution in [1.82, 2.24) is 10.6 Å². The van der Waals surface area contributed by atoms with Gasteiger partial charge in [0.2, 0.25) is 0 Å². The van der Waals surface area contributed by atoms with Crippen molar-refractivity contribution in [1.29, 1.82) is 0 Å². The Labute approximate surface area is 138 Å². The summed E-state index contributed by atoms with van der Waals surface area (Å²) in [6.07, 6.45) is 2.11. The van der Waals surface area contributed by atoms with Crippen molar-refractivity contribution in [3.8, 4) is 5.75 Å².